The highest BCUT2D eigenvalue weighted by Crippen LogP contribution is 2.34. The second-order valence-corrected chi connectivity index (χ2v) is 6.08. The number of carbonyl (C=O) groups excluding carboxylic acids is 1. The summed E-state index contributed by atoms with van der Waals surface area (Å²) in [7, 11) is 0. The van der Waals surface area contributed by atoms with Crippen LogP contribution in [0.4, 0.5) is 11.4 Å². The lowest BCUT2D eigenvalue weighted by molar-refractivity contribution is -0.115. The topological polar surface area (TPSA) is 88.1 Å². The van der Waals surface area contributed by atoms with E-state index in [2.05, 4.69) is 10.2 Å². The summed E-state index contributed by atoms with van der Waals surface area (Å²) >= 11 is 0. The number of carboxylic acid groups (broad SMARTS) is 1. The molecule has 0 unspecified atom stereocenters. The summed E-state index contributed by atoms with van der Waals surface area (Å²) in [5.41, 5.74) is 1.17. The van der Waals surface area contributed by atoms with E-state index in [1.807, 2.05) is 24.3 Å². The van der Waals surface area contributed by atoms with Gasteiger partial charge in [-0.25, -0.2) is 4.79 Å². The summed E-state index contributed by atoms with van der Waals surface area (Å²) in [4.78, 5) is 25.4. The number of rotatable bonds is 6. The number of aromatic carboxylic acids is 1. The van der Waals surface area contributed by atoms with Crippen molar-refractivity contribution in [2.45, 2.75) is 13.3 Å². The highest BCUT2D eigenvalue weighted by molar-refractivity contribution is 6.00. The molecule has 1 saturated heterocycles. The van der Waals surface area contributed by atoms with Crippen molar-refractivity contribution in [1.29, 1.82) is 0 Å². The van der Waals surface area contributed by atoms with Crippen LogP contribution in [0.2, 0.25) is 0 Å². The van der Waals surface area contributed by atoms with Crippen molar-refractivity contribution in [3.8, 4) is 11.5 Å². The number of amides is 1. The van der Waals surface area contributed by atoms with Gasteiger partial charge in [0.25, 0.3) is 0 Å². The van der Waals surface area contributed by atoms with Crippen LogP contribution in [0.15, 0.2) is 42.5 Å². The van der Waals surface area contributed by atoms with E-state index in [0.717, 1.165) is 18.8 Å². The molecule has 2 aromatic carbocycles. The van der Waals surface area contributed by atoms with E-state index < -0.39 is 5.97 Å². The molecule has 0 aliphatic carbocycles. The normalized spacial score (nSPS) is 13.9. The second-order valence-electron chi connectivity index (χ2n) is 6.08. The van der Waals surface area contributed by atoms with Crippen molar-refractivity contribution < 1.29 is 24.2 Å². The number of ether oxygens (including phenoxy) is 2. The van der Waals surface area contributed by atoms with Crippen molar-refractivity contribution in [1.82, 2.24) is 0 Å². The van der Waals surface area contributed by atoms with Gasteiger partial charge in [0.2, 0.25) is 5.91 Å². The van der Waals surface area contributed by atoms with Gasteiger partial charge in [-0.05, 0) is 30.3 Å². The highest BCUT2D eigenvalue weighted by atomic mass is 16.5. The summed E-state index contributed by atoms with van der Waals surface area (Å²) in [6.45, 7) is 4.55. The van der Waals surface area contributed by atoms with E-state index in [9.17, 15) is 14.7 Å². The molecular weight excluding hydrogens is 348 g/mol. The number of nitrogens with one attached hydrogen (secondary N) is 1. The number of para-hydroxylation sites is 2. The number of hydrogen-bond donors (Lipinski definition) is 2. The van der Waals surface area contributed by atoms with Gasteiger partial charge in [0.1, 0.15) is 5.75 Å². The van der Waals surface area contributed by atoms with Gasteiger partial charge in [-0.15, -0.1) is 0 Å². The molecule has 0 aromatic heterocycles. The van der Waals surface area contributed by atoms with Gasteiger partial charge in [-0.1, -0.05) is 19.1 Å². The lowest BCUT2D eigenvalue weighted by Gasteiger charge is -2.30. The predicted octanol–water partition coefficient (Wildman–Crippen LogP) is 3.36. The average molecular weight is 370 g/mol. The van der Waals surface area contributed by atoms with Gasteiger partial charge in [-0.3, -0.25) is 4.79 Å². The van der Waals surface area contributed by atoms with Crippen LogP contribution in [-0.2, 0) is 9.53 Å². The average Bonchev–Trinajstić information content (AvgIpc) is 2.70. The fraction of sp³-hybridized carbons (Fsp3) is 0.300. The van der Waals surface area contributed by atoms with Gasteiger partial charge in [0.05, 0.1) is 30.2 Å². The van der Waals surface area contributed by atoms with Crippen molar-refractivity contribution in [2.24, 2.45) is 0 Å². The van der Waals surface area contributed by atoms with Crippen molar-refractivity contribution >= 4 is 23.3 Å². The van der Waals surface area contributed by atoms with Gasteiger partial charge in [0, 0.05) is 19.5 Å². The van der Waals surface area contributed by atoms with Crippen LogP contribution < -0.4 is 15.0 Å². The largest absolute Gasteiger partial charge is 0.478 e. The molecule has 27 heavy (non-hydrogen) atoms. The van der Waals surface area contributed by atoms with Crippen molar-refractivity contribution in [2.75, 3.05) is 36.5 Å². The number of hydrogen-bond acceptors (Lipinski definition) is 5. The quantitative estimate of drug-likeness (QED) is 0.811. The number of carboxylic acids is 1. The predicted molar refractivity (Wildman–Crippen MR) is 102 cm³/mol. The van der Waals surface area contributed by atoms with Crippen molar-refractivity contribution in [3.63, 3.8) is 0 Å². The molecule has 7 heteroatoms. The van der Waals surface area contributed by atoms with E-state index >= 15 is 0 Å². The minimum absolute atomic E-state index is 0.0156. The third-order valence-corrected chi connectivity index (χ3v) is 4.26. The summed E-state index contributed by atoms with van der Waals surface area (Å²) in [5.74, 6) is -0.346. The Morgan fingerprint density at radius 3 is 2.63 bits per heavy atom. The Labute approximate surface area is 157 Å². The second kappa shape index (κ2) is 8.55. The smallest absolute Gasteiger partial charge is 0.337 e. The molecule has 7 nitrogen and oxygen atoms in total. The first kappa shape index (κ1) is 18.7. The lowest BCUT2D eigenvalue weighted by atomic mass is 10.1. The minimum atomic E-state index is -1.13. The van der Waals surface area contributed by atoms with Crippen LogP contribution in [0.3, 0.4) is 0 Å². The molecule has 1 amide bonds. The number of carbonyl (C=O) groups is 2. The molecule has 142 valence electrons. The van der Waals surface area contributed by atoms with E-state index in [-0.39, 0.29) is 23.6 Å². The molecule has 0 radical (unpaired) electrons. The molecule has 1 aliphatic heterocycles. The zero-order chi connectivity index (χ0) is 19.2. The first-order chi connectivity index (χ1) is 13.1. The van der Waals surface area contributed by atoms with E-state index in [4.69, 9.17) is 9.47 Å². The molecule has 0 spiro atoms. The van der Waals surface area contributed by atoms with E-state index in [1.54, 1.807) is 19.1 Å². The Bertz CT molecular complexity index is 831. The van der Waals surface area contributed by atoms with Crippen LogP contribution in [0, 0.1) is 0 Å². The Balaban J connectivity index is 1.87. The Kier molecular flexibility index (Phi) is 5.93. The first-order valence-corrected chi connectivity index (χ1v) is 8.85. The van der Waals surface area contributed by atoms with E-state index in [0.29, 0.717) is 24.7 Å². The van der Waals surface area contributed by atoms with Crippen molar-refractivity contribution in [3.05, 3.63) is 48.0 Å². The molecule has 2 aromatic rings. The highest BCUT2D eigenvalue weighted by Gasteiger charge is 2.17. The molecular formula is C20H22N2O5. The summed E-state index contributed by atoms with van der Waals surface area (Å²) < 4.78 is 11.4. The zero-order valence-corrected chi connectivity index (χ0v) is 15.1. The SMILES string of the molecule is CCC(=O)Nc1ccc(Oc2ccccc2N2CCOCC2)cc1C(=O)O. The maximum atomic E-state index is 11.6. The molecule has 1 fully saturated rings. The number of nitrogens with zero attached hydrogens (tertiary/aromatic N) is 1. The molecule has 1 aliphatic rings. The molecule has 1 heterocycles. The summed E-state index contributed by atoms with van der Waals surface area (Å²) in [6.07, 6.45) is 0.268. The molecule has 0 atom stereocenters. The number of benzene rings is 2. The minimum Gasteiger partial charge on any atom is -0.478 e. The Morgan fingerprint density at radius 2 is 1.93 bits per heavy atom. The van der Waals surface area contributed by atoms with Gasteiger partial charge < -0.3 is 24.8 Å². The molecule has 3 rings (SSSR count). The Hall–Kier alpha value is -3.06. The van der Waals surface area contributed by atoms with E-state index in [1.165, 1.54) is 6.07 Å². The van der Waals surface area contributed by atoms with Crippen LogP contribution in [0.1, 0.15) is 23.7 Å². The third-order valence-electron chi connectivity index (χ3n) is 4.26. The zero-order valence-electron chi connectivity index (χ0n) is 15.1. The fourth-order valence-electron chi connectivity index (χ4n) is 2.85. The number of morpholine rings is 1. The van der Waals surface area contributed by atoms with Gasteiger partial charge >= 0.3 is 5.97 Å². The van der Waals surface area contributed by atoms with Crippen LogP contribution in [-0.4, -0.2) is 43.3 Å². The fourth-order valence-corrected chi connectivity index (χ4v) is 2.85. The third kappa shape index (κ3) is 4.57. The van der Waals surface area contributed by atoms with Gasteiger partial charge in [0.15, 0.2) is 5.75 Å². The maximum Gasteiger partial charge on any atom is 0.337 e. The summed E-state index contributed by atoms with van der Waals surface area (Å²) in [6, 6.07) is 12.2. The van der Waals surface area contributed by atoms with Crippen LogP contribution in [0.5, 0.6) is 11.5 Å². The monoisotopic (exact) mass is 370 g/mol. The van der Waals surface area contributed by atoms with Crippen LogP contribution in [0.25, 0.3) is 0 Å². The molecule has 0 saturated carbocycles. The van der Waals surface area contributed by atoms with Crippen LogP contribution >= 0.6 is 0 Å². The standard InChI is InChI=1S/C20H22N2O5/c1-2-19(23)21-16-8-7-14(13-15(16)20(24)25)27-18-6-4-3-5-17(18)22-9-11-26-12-10-22/h3-8,13H,2,9-12H2,1H3,(H,21,23)(H,24,25). The number of anilines is 2. The summed E-state index contributed by atoms with van der Waals surface area (Å²) in [5, 5.41) is 12.1. The first-order valence-electron chi connectivity index (χ1n) is 8.85. The maximum absolute atomic E-state index is 11.6. The molecule has 0 bridgehead atoms. The lowest BCUT2D eigenvalue weighted by Crippen LogP contribution is -2.36. The Morgan fingerprint density at radius 1 is 1.19 bits per heavy atom. The van der Waals surface area contributed by atoms with Gasteiger partial charge in [-0.2, -0.15) is 0 Å². The molecule has 2 N–H and O–H groups in total.